The minimum absolute atomic E-state index is 0.0116. The van der Waals surface area contributed by atoms with Gasteiger partial charge in [0, 0.05) is 6.42 Å². The Hall–Kier alpha value is -3.74. The highest BCUT2D eigenvalue weighted by atomic mass is 16.5. The van der Waals surface area contributed by atoms with Crippen molar-refractivity contribution in [1.82, 2.24) is 5.32 Å². The van der Waals surface area contributed by atoms with Gasteiger partial charge in [-0.05, 0) is 57.8 Å². The van der Waals surface area contributed by atoms with Gasteiger partial charge in [0.1, 0.15) is 6.10 Å². The van der Waals surface area contributed by atoms with Crippen LogP contribution in [0.5, 0.6) is 0 Å². The van der Waals surface area contributed by atoms with E-state index in [1.54, 1.807) is 0 Å². The predicted octanol–water partition coefficient (Wildman–Crippen LogP) is 12.9. The van der Waals surface area contributed by atoms with Gasteiger partial charge in [-0.25, -0.2) is 0 Å². The molecular weight excluding hydrogens is 707 g/mol. The molecule has 0 spiro atoms. The Morgan fingerprint density at radius 3 is 1.51 bits per heavy atom. The number of rotatable bonds is 37. The molecule has 0 radical (unpaired) electrons. The molecule has 1 amide bonds. The van der Waals surface area contributed by atoms with E-state index in [0.29, 0.717) is 19.3 Å². The van der Waals surface area contributed by atoms with Crippen molar-refractivity contribution in [3.05, 3.63) is 122 Å². The molecule has 3 unspecified atom stereocenters. The predicted molar refractivity (Wildman–Crippen MR) is 245 cm³/mol. The summed E-state index contributed by atoms with van der Waals surface area (Å²) in [5.74, 6) is -0.623. The van der Waals surface area contributed by atoms with Crippen molar-refractivity contribution < 1.29 is 24.5 Å². The quantitative estimate of drug-likeness (QED) is 0.0331. The first-order valence-corrected chi connectivity index (χ1v) is 22.4. The van der Waals surface area contributed by atoms with Gasteiger partial charge < -0.3 is 20.3 Å². The summed E-state index contributed by atoms with van der Waals surface area (Å²) in [6, 6.07) is -0.737. The number of esters is 1. The summed E-state index contributed by atoms with van der Waals surface area (Å²) in [6.07, 6.45) is 59.7. The van der Waals surface area contributed by atoms with Crippen molar-refractivity contribution >= 4 is 11.9 Å². The van der Waals surface area contributed by atoms with Crippen LogP contribution >= 0.6 is 0 Å². The van der Waals surface area contributed by atoms with Crippen LogP contribution in [0.1, 0.15) is 162 Å². The van der Waals surface area contributed by atoms with E-state index < -0.39 is 18.2 Å². The standard InChI is InChI=1S/C51H81NO5/c1-4-7-10-13-16-19-21-23-24-25-27-28-31-33-36-39-42-47(57-51(56)44-41-38-35-32-29-26-22-20-17-14-11-8-5-2)45-50(55)52-48(46-53)49(54)43-40-37-34-30-18-15-12-9-6-3/h8,10-11,13-14,16-17,19-29,32,35,47-49,53-54H,4-7,9,12,15,18,30-31,33-34,36-46H2,1-3H3,(H,52,55)/b11-8+,13-10+,17-14+,19-16+,22-20-,23-21+,25-24+,28-27+,29-26-,35-32+. The molecule has 3 atom stereocenters. The third-order valence-corrected chi connectivity index (χ3v) is 9.26. The summed E-state index contributed by atoms with van der Waals surface area (Å²) in [4.78, 5) is 25.9. The Morgan fingerprint density at radius 1 is 0.526 bits per heavy atom. The molecule has 0 aliphatic carbocycles. The first-order valence-electron chi connectivity index (χ1n) is 22.4. The Morgan fingerprint density at radius 2 is 0.982 bits per heavy atom. The second kappa shape index (κ2) is 43.4. The molecule has 0 bridgehead atoms. The average molecular weight is 788 g/mol. The summed E-state index contributed by atoms with van der Waals surface area (Å²) in [6.45, 7) is 6.16. The number of ether oxygens (including phenoxy) is 1. The minimum Gasteiger partial charge on any atom is -0.462 e. The number of carbonyl (C=O) groups excluding carboxylic acids is 2. The molecule has 0 saturated heterocycles. The molecule has 0 aromatic rings. The first kappa shape index (κ1) is 53.3. The molecule has 0 aliphatic rings. The highest BCUT2D eigenvalue weighted by Gasteiger charge is 2.24. The number of nitrogens with one attached hydrogen (secondary N) is 1. The van der Waals surface area contributed by atoms with E-state index in [2.05, 4.69) is 56.5 Å². The van der Waals surface area contributed by atoms with Crippen LogP contribution in [-0.4, -0.2) is 46.9 Å². The van der Waals surface area contributed by atoms with Gasteiger partial charge in [0.05, 0.1) is 25.2 Å². The molecule has 0 fully saturated rings. The van der Waals surface area contributed by atoms with Gasteiger partial charge >= 0.3 is 5.97 Å². The zero-order valence-electron chi connectivity index (χ0n) is 36.2. The van der Waals surface area contributed by atoms with Crippen LogP contribution in [0.2, 0.25) is 0 Å². The van der Waals surface area contributed by atoms with Crippen LogP contribution < -0.4 is 5.32 Å². The lowest BCUT2D eigenvalue weighted by molar-refractivity contribution is -0.151. The highest BCUT2D eigenvalue weighted by molar-refractivity contribution is 5.77. The maximum atomic E-state index is 13.1. The molecule has 0 aromatic heterocycles. The van der Waals surface area contributed by atoms with Gasteiger partial charge in [-0.2, -0.15) is 0 Å². The molecule has 320 valence electrons. The third-order valence-electron chi connectivity index (χ3n) is 9.26. The molecule has 3 N–H and O–H groups in total. The lowest BCUT2D eigenvalue weighted by Crippen LogP contribution is -2.46. The molecule has 6 heteroatoms. The van der Waals surface area contributed by atoms with Gasteiger partial charge in [-0.1, -0.05) is 213 Å². The lowest BCUT2D eigenvalue weighted by Gasteiger charge is -2.24. The van der Waals surface area contributed by atoms with E-state index in [4.69, 9.17) is 4.74 Å². The van der Waals surface area contributed by atoms with Crippen LogP contribution in [0.15, 0.2) is 122 Å². The van der Waals surface area contributed by atoms with Gasteiger partial charge in [0.25, 0.3) is 0 Å². The van der Waals surface area contributed by atoms with Crippen LogP contribution in [0, 0.1) is 0 Å². The van der Waals surface area contributed by atoms with E-state index in [1.807, 2.05) is 91.1 Å². The zero-order chi connectivity index (χ0) is 41.7. The minimum atomic E-state index is -0.818. The molecular formula is C51H81NO5. The fourth-order valence-electron chi connectivity index (χ4n) is 5.90. The monoisotopic (exact) mass is 788 g/mol. The fraction of sp³-hybridized carbons (Fsp3) is 0.569. The third kappa shape index (κ3) is 38.9. The molecule has 57 heavy (non-hydrogen) atoms. The Kier molecular flexibility index (Phi) is 40.5. The van der Waals surface area contributed by atoms with Crippen molar-refractivity contribution in [1.29, 1.82) is 0 Å². The fourth-order valence-corrected chi connectivity index (χ4v) is 5.90. The summed E-state index contributed by atoms with van der Waals surface area (Å²) in [7, 11) is 0. The summed E-state index contributed by atoms with van der Waals surface area (Å²) in [5, 5.41) is 23.5. The number of carbonyl (C=O) groups is 2. The Bertz CT molecular complexity index is 1250. The number of aliphatic hydroxyl groups is 2. The van der Waals surface area contributed by atoms with Crippen LogP contribution in [0.4, 0.5) is 0 Å². The SMILES string of the molecule is CC/C=C/C=C/C=C\C=C/C=C/CCCC(=O)OC(CCCCC/C=C/C=C/C=C/C=C/C=C/CCC)CC(=O)NC(CO)C(O)CCCCCCCCCCC. The molecule has 0 rings (SSSR count). The lowest BCUT2D eigenvalue weighted by atomic mass is 10.0. The van der Waals surface area contributed by atoms with Crippen molar-refractivity contribution in [2.45, 2.75) is 180 Å². The van der Waals surface area contributed by atoms with Gasteiger partial charge in [0.15, 0.2) is 0 Å². The summed E-state index contributed by atoms with van der Waals surface area (Å²) >= 11 is 0. The molecule has 0 aromatic carbocycles. The van der Waals surface area contributed by atoms with Gasteiger partial charge in [-0.15, -0.1) is 0 Å². The topological polar surface area (TPSA) is 95.9 Å². The van der Waals surface area contributed by atoms with Gasteiger partial charge in [0.2, 0.25) is 5.91 Å². The van der Waals surface area contributed by atoms with Crippen molar-refractivity contribution in [3.63, 3.8) is 0 Å². The largest absolute Gasteiger partial charge is 0.462 e. The first-order chi connectivity index (χ1) is 28.0. The molecule has 0 saturated carbocycles. The van der Waals surface area contributed by atoms with E-state index in [-0.39, 0.29) is 31.3 Å². The summed E-state index contributed by atoms with van der Waals surface area (Å²) in [5.41, 5.74) is 0. The number of aliphatic hydroxyl groups excluding tert-OH is 2. The second-order valence-electron chi connectivity index (χ2n) is 14.6. The second-order valence-corrected chi connectivity index (χ2v) is 14.6. The number of amides is 1. The van der Waals surface area contributed by atoms with Gasteiger partial charge in [-0.3, -0.25) is 9.59 Å². The summed E-state index contributed by atoms with van der Waals surface area (Å²) < 4.78 is 5.84. The average Bonchev–Trinajstić information content (AvgIpc) is 3.20. The maximum Gasteiger partial charge on any atom is 0.306 e. The van der Waals surface area contributed by atoms with E-state index in [0.717, 1.165) is 70.6 Å². The normalized spacial score (nSPS) is 14.5. The zero-order valence-corrected chi connectivity index (χ0v) is 36.2. The highest BCUT2D eigenvalue weighted by Crippen LogP contribution is 2.16. The van der Waals surface area contributed by atoms with Crippen molar-refractivity contribution in [3.8, 4) is 0 Å². The number of allylic oxidation sites excluding steroid dienone is 20. The van der Waals surface area contributed by atoms with Crippen molar-refractivity contribution in [2.75, 3.05) is 6.61 Å². The Labute approximate surface area is 349 Å². The smallest absolute Gasteiger partial charge is 0.306 e. The number of hydrogen-bond donors (Lipinski definition) is 3. The van der Waals surface area contributed by atoms with E-state index >= 15 is 0 Å². The number of hydrogen-bond acceptors (Lipinski definition) is 5. The van der Waals surface area contributed by atoms with Crippen LogP contribution in [0.3, 0.4) is 0 Å². The maximum absolute atomic E-state index is 13.1. The van der Waals surface area contributed by atoms with Crippen molar-refractivity contribution in [2.24, 2.45) is 0 Å². The Balaban J connectivity index is 4.89. The molecule has 0 aliphatic heterocycles. The van der Waals surface area contributed by atoms with E-state index in [9.17, 15) is 19.8 Å². The number of unbranched alkanes of at least 4 members (excludes halogenated alkanes) is 13. The molecule has 0 heterocycles. The van der Waals surface area contributed by atoms with E-state index in [1.165, 1.54) is 38.5 Å². The van der Waals surface area contributed by atoms with Crippen LogP contribution in [-0.2, 0) is 14.3 Å². The van der Waals surface area contributed by atoms with Crippen LogP contribution in [0.25, 0.3) is 0 Å². The molecule has 6 nitrogen and oxygen atoms in total.